The molecule has 0 aliphatic heterocycles. The van der Waals surface area contributed by atoms with Crippen molar-refractivity contribution in [2.24, 2.45) is 0 Å². The summed E-state index contributed by atoms with van der Waals surface area (Å²) in [4.78, 5) is 0. The summed E-state index contributed by atoms with van der Waals surface area (Å²) in [7, 11) is 0. The van der Waals surface area contributed by atoms with Gasteiger partial charge in [0.25, 0.3) is 0 Å². The maximum absolute atomic E-state index is 2.57. The molecule has 0 saturated carbocycles. The molecule has 0 fully saturated rings. The van der Waals surface area contributed by atoms with E-state index in [0.717, 1.165) is 0 Å². The molecule has 2 nitrogen and oxygen atoms in total. The highest BCUT2D eigenvalue weighted by Gasteiger charge is 2.27. The maximum Gasteiger partial charge on any atom is 0.0620 e. The number of aryl methyl sites for hydroxylation is 2. The molecule has 80 heavy (non-hydrogen) atoms. The summed E-state index contributed by atoms with van der Waals surface area (Å²) in [6, 6.07) is 73.5. The molecule has 0 aliphatic rings. The fourth-order valence-electron chi connectivity index (χ4n) is 14.3. The monoisotopic (exact) mass is 1030 g/mol. The minimum Gasteiger partial charge on any atom is -0.308 e. The Morgan fingerprint density at radius 3 is 0.988 bits per heavy atom. The summed E-state index contributed by atoms with van der Waals surface area (Å²) >= 11 is 0. The van der Waals surface area contributed by atoms with Gasteiger partial charge in [-0.25, -0.2) is 0 Å². The predicted octanol–water partition coefficient (Wildman–Crippen LogP) is 22.1. The zero-order valence-corrected chi connectivity index (χ0v) is 47.8. The number of nitrogens with zero attached hydrogens (tertiary/aromatic N) is 2. The van der Waals surface area contributed by atoms with Crippen molar-refractivity contribution in [1.29, 1.82) is 0 Å². The van der Waals surface area contributed by atoms with Crippen molar-refractivity contribution in [2.75, 3.05) is 0 Å². The highest BCUT2D eigenvalue weighted by atomic mass is 14.9. The second kappa shape index (κ2) is 16.0. The first-order chi connectivity index (χ1) is 38.3. The van der Waals surface area contributed by atoms with Gasteiger partial charge in [0.15, 0.2) is 0 Å². The van der Waals surface area contributed by atoms with Crippen molar-refractivity contribution in [3.05, 3.63) is 216 Å². The Morgan fingerprint density at radius 2 is 0.588 bits per heavy atom. The number of hydrogen-bond donors (Lipinski definition) is 0. The van der Waals surface area contributed by atoms with Crippen LogP contribution in [0.3, 0.4) is 0 Å². The number of benzene rings is 12. The van der Waals surface area contributed by atoms with Gasteiger partial charge in [0.05, 0.1) is 33.1 Å². The first kappa shape index (κ1) is 47.3. The van der Waals surface area contributed by atoms with Gasteiger partial charge in [-0.3, -0.25) is 0 Å². The van der Waals surface area contributed by atoms with E-state index in [2.05, 4.69) is 273 Å². The smallest absolute Gasteiger partial charge is 0.0620 e. The molecule has 16 aromatic rings. The Labute approximate surface area is 467 Å². The second-order valence-corrected chi connectivity index (χ2v) is 26.8. The van der Waals surface area contributed by atoms with Gasteiger partial charge in [0, 0.05) is 43.1 Å². The third-order valence-electron chi connectivity index (χ3n) is 18.5. The van der Waals surface area contributed by atoms with Crippen LogP contribution in [-0.4, -0.2) is 8.80 Å². The molecular formula is C78H64N2. The van der Waals surface area contributed by atoms with E-state index in [4.69, 9.17) is 0 Å². The van der Waals surface area contributed by atoms with E-state index in [-0.39, 0.29) is 16.2 Å². The summed E-state index contributed by atoms with van der Waals surface area (Å²) in [5, 5.41) is 20.4. The molecule has 0 spiro atoms. The Kier molecular flexibility index (Phi) is 9.45. The van der Waals surface area contributed by atoms with Gasteiger partial charge in [-0.1, -0.05) is 178 Å². The average Bonchev–Trinajstić information content (AvgIpc) is 4.24. The van der Waals surface area contributed by atoms with E-state index in [9.17, 15) is 0 Å². The molecule has 16 rings (SSSR count). The molecule has 0 unspecified atom stereocenters. The first-order valence-corrected chi connectivity index (χ1v) is 28.8. The fourth-order valence-corrected chi connectivity index (χ4v) is 14.3. The topological polar surface area (TPSA) is 8.82 Å². The van der Waals surface area contributed by atoms with Crippen LogP contribution in [-0.2, 0) is 16.2 Å². The van der Waals surface area contributed by atoms with Crippen molar-refractivity contribution < 1.29 is 0 Å². The largest absolute Gasteiger partial charge is 0.308 e. The van der Waals surface area contributed by atoms with Gasteiger partial charge in [0.1, 0.15) is 0 Å². The second-order valence-electron chi connectivity index (χ2n) is 26.8. The molecule has 0 amide bonds. The molecule has 4 aromatic heterocycles. The number of aromatic nitrogens is 2. The summed E-state index contributed by atoms with van der Waals surface area (Å²) < 4.78 is 5.14. The Hall–Kier alpha value is -8.72. The Balaban J connectivity index is 0.967. The third kappa shape index (κ3) is 6.72. The van der Waals surface area contributed by atoms with Crippen LogP contribution in [0.4, 0.5) is 0 Å². The van der Waals surface area contributed by atoms with Gasteiger partial charge in [-0.15, -0.1) is 0 Å². The molecule has 0 aliphatic carbocycles. The van der Waals surface area contributed by atoms with Gasteiger partial charge in [-0.2, -0.15) is 0 Å². The van der Waals surface area contributed by atoms with Crippen LogP contribution >= 0.6 is 0 Å². The standard InChI is InChI=1S/C78H64N2/c1-43-26-54(76(3,4)5)27-44(2)73(43)53-34-67-62-31-46-19-13-15-21-48(46)37-70(62)80-72-39-50-23-17-25-58(60(50)42-64(72)68(35-53)75(67)80)57-24-16-22-49-38-71-63(41-59(49)57)66-33-52(51-28-55(77(6,7)8)40-56(29-51)78(9,10)11)32-65-61-30-45-18-12-14-20-47(45)36-69(61)79(71)74(65)66/h12-42H,1-11H3. The normalized spacial score (nSPS) is 13.2. The van der Waals surface area contributed by atoms with Crippen molar-refractivity contribution >= 4 is 119 Å². The van der Waals surface area contributed by atoms with E-state index in [1.807, 2.05) is 0 Å². The van der Waals surface area contributed by atoms with Crippen molar-refractivity contribution in [3.8, 4) is 33.4 Å². The average molecular weight is 1030 g/mol. The van der Waals surface area contributed by atoms with E-state index >= 15 is 0 Å². The molecule has 386 valence electrons. The van der Waals surface area contributed by atoms with Crippen LogP contribution in [0.5, 0.6) is 0 Å². The van der Waals surface area contributed by atoms with Crippen molar-refractivity contribution in [3.63, 3.8) is 0 Å². The quantitative estimate of drug-likeness (QED) is 0.167. The molecule has 0 saturated heterocycles. The summed E-state index contributed by atoms with van der Waals surface area (Å²) in [5.74, 6) is 0. The highest BCUT2D eigenvalue weighted by Crippen LogP contribution is 2.49. The van der Waals surface area contributed by atoms with E-state index < -0.39 is 0 Å². The van der Waals surface area contributed by atoms with Gasteiger partial charge in [-0.05, 0) is 207 Å². The van der Waals surface area contributed by atoms with Crippen molar-refractivity contribution in [2.45, 2.75) is 92.4 Å². The molecule has 0 bridgehead atoms. The van der Waals surface area contributed by atoms with Gasteiger partial charge >= 0.3 is 0 Å². The first-order valence-electron chi connectivity index (χ1n) is 28.8. The molecule has 0 N–H and O–H groups in total. The van der Waals surface area contributed by atoms with Crippen LogP contribution < -0.4 is 0 Å². The zero-order chi connectivity index (χ0) is 54.6. The number of hydrogen-bond acceptors (Lipinski definition) is 0. The van der Waals surface area contributed by atoms with Crippen LogP contribution in [0.1, 0.15) is 90.1 Å². The minimum atomic E-state index is -0.00246. The Morgan fingerprint density at radius 1 is 0.263 bits per heavy atom. The summed E-state index contributed by atoms with van der Waals surface area (Å²) in [5.41, 5.74) is 22.1. The lowest BCUT2D eigenvalue weighted by atomic mass is 9.79. The zero-order valence-electron chi connectivity index (χ0n) is 47.8. The summed E-state index contributed by atoms with van der Waals surface area (Å²) in [6.07, 6.45) is 0. The molecular weight excluding hydrogens is 965 g/mol. The lowest BCUT2D eigenvalue weighted by Crippen LogP contribution is -2.16. The predicted molar refractivity (Wildman–Crippen MR) is 348 cm³/mol. The van der Waals surface area contributed by atoms with Crippen LogP contribution in [0, 0.1) is 13.8 Å². The fraction of sp³-hybridized carbons (Fsp3) is 0.179. The maximum atomic E-state index is 2.57. The van der Waals surface area contributed by atoms with Crippen LogP contribution in [0.15, 0.2) is 188 Å². The molecule has 2 heteroatoms. The molecule has 0 atom stereocenters. The van der Waals surface area contributed by atoms with E-state index in [1.165, 1.54) is 180 Å². The van der Waals surface area contributed by atoms with Crippen molar-refractivity contribution in [1.82, 2.24) is 8.80 Å². The Bertz CT molecular complexity index is 5310. The van der Waals surface area contributed by atoms with Crippen LogP contribution in [0.25, 0.3) is 153 Å². The number of rotatable bonds is 3. The summed E-state index contributed by atoms with van der Waals surface area (Å²) in [6.45, 7) is 25.6. The van der Waals surface area contributed by atoms with Gasteiger partial charge < -0.3 is 8.80 Å². The number of fused-ring (bicyclic) bond motifs is 16. The van der Waals surface area contributed by atoms with E-state index in [0.29, 0.717) is 0 Å². The lowest BCUT2D eigenvalue weighted by molar-refractivity contribution is 0.569. The van der Waals surface area contributed by atoms with Gasteiger partial charge in [0.2, 0.25) is 0 Å². The highest BCUT2D eigenvalue weighted by molar-refractivity contribution is 6.30. The third-order valence-corrected chi connectivity index (χ3v) is 18.5. The van der Waals surface area contributed by atoms with Crippen LogP contribution in [0.2, 0.25) is 0 Å². The van der Waals surface area contributed by atoms with E-state index in [1.54, 1.807) is 0 Å². The minimum absolute atomic E-state index is 0.00246. The lowest BCUT2D eigenvalue weighted by Gasteiger charge is -2.26. The molecule has 0 radical (unpaired) electrons. The SMILES string of the molecule is Cc1cc(C(C)(C)C)cc(C)c1-c1cc2c3cc4ccccc4cc3n3c4cc5cccc(-c6cccc7cc8c(cc67)c6cc(-c7cc(C(C)(C)C)cc(C(C)(C)C)c7)cc7c9cc%10ccccc%10cc9n8c76)c5cc4c(c1)c23. The molecule has 4 heterocycles. The molecule has 12 aromatic carbocycles.